The van der Waals surface area contributed by atoms with Gasteiger partial charge in [-0.2, -0.15) is 0 Å². The highest BCUT2D eigenvalue weighted by atomic mass is 79.9. The van der Waals surface area contributed by atoms with Crippen molar-refractivity contribution in [3.63, 3.8) is 0 Å². The second-order valence-corrected chi connectivity index (χ2v) is 6.77. The van der Waals surface area contributed by atoms with Gasteiger partial charge in [0.25, 0.3) is 5.91 Å². The molecule has 6 nitrogen and oxygen atoms in total. The zero-order valence-electron chi connectivity index (χ0n) is 11.4. The van der Waals surface area contributed by atoms with Gasteiger partial charge in [-0.1, -0.05) is 15.9 Å². The molecule has 112 valence electrons. The average Bonchev–Trinajstić information content (AvgIpc) is 2.36. The molecular formula is C12H17BrN2O4S. The van der Waals surface area contributed by atoms with Crippen molar-refractivity contribution in [2.45, 2.75) is 24.8 Å². The van der Waals surface area contributed by atoms with Crippen molar-refractivity contribution >= 4 is 31.9 Å². The third-order valence-electron chi connectivity index (χ3n) is 2.82. The van der Waals surface area contributed by atoms with Crippen LogP contribution in [0.2, 0.25) is 0 Å². The number of sulfonamides is 1. The van der Waals surface area contributed by atoms with Crippen molar-refractivity contribution in [2.75, 3.05) is 13.7 Å². The molecule has 0 heterocycles. The van der Waals surface area contributed by atoms with E-state index in [1.54, 1.807) is 27.0 Å². The molecule has 1 unspecified atom stereocenters. The first kappa shape index (κ1) is 17.1. The molecule has 0 aliphatic heterocycles. The van der Waals surface area contributed by atoms with Crippen molar-refractivity contribution < 1.29 is 17.9 Å². The summed E-state index contributed by atoms with van der Waals surface area (Å²) in [6.07, 6.45) is -0.134. The Labute approximate surface area is 126 Å². The van der Waals surface area contributed by atoms with Crippen molar-refractivity contribution in [1.29, 1.82) is 0 Å². The van der Waals surface area contributed by atoms with Gasteiger partial charge < -0.3 is 10.1 Å². The first-order chi connectivity index (χ1) is 9.16. The highest BCUT2D eigenvalue weighted by Crippen LogP contribution is 2.25. The Morgan fingerprint density at radius 2 is 2.10 bits per heavy atom. The summed E-state index contributed by atoms with van der Waals surface area (Å²) in [7, 11) is -2.34. The Morgan fingerprint density at radius 1 is 1.50 bits per heavy atom. The minimum Gasteiger partial charge on any atom is -0.380 e. The molecule has 1 rings (SSSR count). The maximum atomic E-state index is 12.0. The Hall–Kier alpha value is -0.960. The van der Waals surface area contributed by atoms with Crippen LogP contribution in [-0.4, -0.2) is 34.1 Å². The van der Waals surface area contributed by atoms with E-state index < -0.39 is 10.0 Å². The molecule has 0 fully saturated rings. The van der Waals surface area contributed by atoms with Crippen molar-refractivity contribution in [3.05, 3.63) is 27.7 Å². The number of nitrogens with one attached hydrogen (secondary N) is 1. The third-order valence-corrected chi connectivity index (χ3v) is 4.68. The fourth-order valence-electron chi connectivity index (χ4n) is 1.50. The second kappa shape index (κ2) is 6.66. The van der Waals surface area contributed by atoms with Crippen LogP contribution >= 0.6 is 15.9 Å². The SMILES string of the molecule is COC(C)CNC(=O)c1cc(Br)c(C)c(S(N)(=O)=O)c1. The van der Waals surface area contributed by atoms with Gasteiger partial charge in [-0.05, 0) is 31.5 Å². The molecular weight excluding hydrogens is 348 g/mol. The maximum Gasteiger partial charge on any atom is 0.251 e. The minimum absolute atomic E-state index is 0.0724. The Bertz CT molecular complexity index is 616. The number of halogens is 1. The smallest absolute Gasteiger partial charge is 0.251 e. The van der Waals surface area contributed by atoms with Crippen LogP contribution in [0.15, 0.2) is 21.5 Å². The summed E-state index contributed by atoms with van der Waals surface area (Å²) < 4.78 is 28.5. The largest absolute Gasteiger partial charge is 0.380 e. The van der Waals surface area contributed by atoms with Crippen LogP contribution in [0.1, 0.15) is 22.8 Å². The minimum atomic E-state index is -3.88. The number of rotatable bonds is 5. The van der Waals surface area contributed by atoms with E-state index in [4.69, 9.17) is 9.88 Å². The molecule has 0 saturated heterocycles. The summed E-state index contributed by atoms with van der Waals surface area (Å²) in [6.45, 7) is 3.74. The summed E-state index contributed by atoms with van der Waals surface area (Å²) in [4.78, 5) is 11.9. The predicted octanol–water partition coefficient (Wildman–Crippen LogP) is 1.17. The molecule has 3 N–H and O–H groups in total. The van der Waals surface area contributed by atoms with Crippen molar-refractivity contribution in [1.82, 2.24) is 5.32 Å². The molecule has 1 aromatic rings. The van der Waals surface area contributed by atoms with Crippen LogP contribution in [-0.2, 0) is 14.8 Å². The van der Waals surface area contributed by atoms with Crippen LogP contribution in [0, 0.1) is 6.92 Å². The standard InChI is InChI=1S/C12H17BrN2O4S/c1-7(19-3)6-15-12(16)9-4-10(13)8(2)11(5-9)20(14,17)18/h4-5,7H,6H2,1-3H3,(H,15,16)(H2,14,17,18). The number of carbonyl (C=O) groups is 1. The van der Waals surface area contributed by atoms with Crippen LogP contribution in [0.5, 0.6) is 0 Å². The van der Waals surface area contributed by atoms with Crippen LogP contribution in [0.25, 0.3) is 0 Å². The van der Waals surface area contributed by atoms with Gasteiger partial charge >= 0.3 is 0 Å². The Kier molecular flexibility index (Phi) is 5.69. The van der Waals surface area contributed by atoms with Gasteiger partial charge in [0.15, 0.2) is 0 Å². The summed E-state index contributed by atoms with van der Waals surface area (Å²) in [5.74, 6) is -0.389. The topological polar surface area (TPSA) is 98.5 Å². The van der Waals surface area contributed by atoms with Gasteiger partial charge in [0.1, 0.15) is 0 Å². The van der Waals surface area contributed by atoms with Gasteiger partial charge in [-0.15, -0.1) is 0 Å². The van der Waals surface area contributed by atoms with Gasteiger partial charge in [0, 0.05) is 23.7 Å². The molecule has 8 heteroatoms. The fraction of sp³-hybridized carbons (Fsp3) is 0.417. The van der Waals surface area contributed by atoms with E-state index >= 15 is 0 Å². The number of benzene rings is 1. The van der Waals surface area contributed by atoms with E-state index in [0.717, 1.165) is 0 Å². The summed E-state index contributed by atoms with van der Waals surface area (Å²) in [6, 6.07) is 2.82. The van der Waals surface area contributed by atoms with Gasteiger partial charge in [-0.3, -0.25) is 4.79 Å². The number of ether oxygens (including phenoxy) is 1. The van der Waals surface area contributed by atoms with Gasteiger partial charge in [-0.25, -0.2) is 13.6 Å². The lowest BCUT2D eigenvalue weighted by Gasteiger charge is -2.12. The molecule has 20 heavy (non-hydrogen) atoms. The molecule has 0 aliphatic carbocycles. The monoisotopic (exact) mass is 364 g/mol. The summed E-state index contributed by atoms with van der Waals surface area (Å²) in [5, 5.41) is 7.79. The lowest BCUT2D eigenvalue weighted by molar-refractivity contribution is 0.0870. The number of hydrogen-bond donors (Lipinski definition) is 2. The van der Waals surface area contributed by atoms with Crippen molar-refractivity contribution in [2.24, 2.45) is 5.14 Å². The van der Waals surface area contributed by atoms with Crippen LogP contribution < -0.4 is 10.5 Å². The number of carbonyl (C=O) groups excluding carboxylic acids is 1. The molecule has 0 aromatic heterocycles. The number of nitrogens with two attached hydrogens (primary N) is 1. The Balaban J connectivity index is 3.09. The lowest BCUT2D eigenvalue weighted by Crippen LogP contribution is -2.31. The number of hydrogen-bond acceptors (Lipinski definition) is 4. The van der Waals surface area contributed by atoms with Crippen molar-refractivity contribution in [3.8, 4) is 0 Å². The number of methoxy groups -OCH3 is 1. The molecule has 0 radical (unpaired) electrons. The number of amides is 1. The highest BCUT2D eigenvalue weighted by molar-refractivity contribution is 9.10. The molecule has 1 aromatic carbocycles. The average molecular weight is 365 g/mol. The molecule has 0 aliphatic rings. The first-order valence-electron chi connectivity index (χ1n) is 5.80. The highest BCUT2D eigenvalue weighted by Gasteiger charge is 2.18. The first-order valence-corrected chi connectivity index (χ1v) is 8.14. The second-order valence-electron chi connectivity index (χ2n) is 4.38. The number of primary sulfonamides is 1. The molecule has 1 atom stereocenters. The van der Waals surface area contributed by atoms with Crippen LogP contribution in [0.3, 0.4) is 0 Å². The fourth-order valence-corrected chi connectivity index (χ4v) is 2.92. The maximum absolute atomic E-state index is 12.0. The van der Waals surface area contributed by atoms with E-state index in [2.05, 4.69) is 21.2 Å². The zero-order valence-corrected chi connectivity index (χ0v) is 13.8. The molecule has 0 saturated carbocycles. The summed E-state index contributed by atoms with van der Waals surface area (Å²) >= 11 is 3.23. The van der Waals surface area contributed by atoms with Crippen LogP contribution in [0.4, 0.5) is 0 Å². The third kappa shape index (κ3) is 4.27. The molecule has 1 amide bonds. The van der Waals surface area contributed by atoms with Gasteiger partial charge in [0.2, 0.25) is 10.0 Å². The predicted molar refractivity (Wildman–Crippen MR) is 79.1 cm³/mol. The lowest BCUT2D eigenvalue weighted by atomic mass is 10.1. The van der Waals surface area contributed by atoms with E-state index in [1.165, 1.54) is 6.07 Å². The molecule has 0 bridgehead atoms. The van der Waals surface area contributed by atoms with E-state index in [0.29, 0.717) is 16.6 Å². The van der Waals surface area contributed by atoms with E-state index in [9.17, 15) is 13.2 Å². The zero-order chi connectivity index (χ0) is 15.5. The van der Waals surface area contributed by atoms with E-state index in [-0.39, 0.29) is 22.5 Å². The Morgan fingerprint density at radius 3 is 2.60 bits per heavy atom. The quantitative estimate of drug-likeness (QED) is 0.818. The molecule has 0 spiro atoms. The summed E-state index contributed by atoms with van der Waals surface area (Å²) in [5.41, 5.74) is 0.684. The van der Waals surface area contributed by atoms with E-state index in [1.807, 2.05) is 0 Å². The normalized spacial score (nSPS) is 13.1. The van der Waals surface area contributed by atoms with Gasteiger partial charge in [0.05, 0.1) is 11.0 Å².